The quantitative estimate of drug-likeness (QED) is 0.424. The molecule has 0 atom stereocenters. The molecule has 0 unspecified atom stereocenters. The maximum Gasteiger partial charge on any atom is 0.174 e. The molecular weight excluding hydrogens is 386 g/mol. The van der Waals surface area contributed by atoms with Crippen LogP contribution in [-0.4, -0.2) is 34.3 Å². The average molecular weight is 409 g/mol. The van der Waals surface area contributed by atoms with Gasteiger partial charge in [-0.1, -0.05) is 48.5 Å². The first-order valence-electron chi connectivity index (χ1n) is 10.7. The monoisotopic (exact) mass is 409 g/mol. The van der Waals surface area contributed by atoms with Crippen molar-refractivity contribution in [2.45, 2.75) is 38.4 Å². The van der Waals surface area contributed by atoms with E-state index in [1.54, 1.807) is 17.2 Å². The van der Waals surface area contributed by atoms with Gasteiger partial charge in [0.05, 0.1) is 17.9 Å². The largest absolute Gasteiger partial charge is 0.347 e. The molecule has 6 rings (SSSR count). The molecule has 1 aliphatic carbocycles. The van der Waals surface area contributed by atoms with Gasteiger partial charge in [0.1, 0.15) is 6.54 Å². The SMILES string of the molecule is CCn1cc(-c2nc(Cn3nccn3)nn2C2(c3ccccc3)CC2)c2ccccc21. The summed E-state index contributed by atoms with van der Waals surface area (Å²) in [5.41, 5.74) is 3.47. The molecule has 1 aliphatic rings. The number of rotatable bonds is 6. The van der Waals surface area contributed by atoms with Crippen LogP contribution in [0.15, 0.2) is 73.2 Å². The highest BCUT2D eigenvalue weighted by Crippen LogP contribution is 2.50. The Bertz CT molecular complexity index is 1340. The van der Waals surface area contributed by atoms with Crippen LogP contribution < -0.4 is 0 Å². The van der Waals surface area contributed by atoms with E-state index in [1.165, 1.54) is 16.5 Å². The van der Waals surface area contributed by atoms with E-state index in [2.05, 4.69) is 87.2 Å². The average Bonchev–Trinajstić information content (AvgIpc) is 3.14. The Hall–Kier alpha value is -3.74. The van der Waals surface area contributed by atoms with E-state index in [0.717, 1.165) is 36.6 Å². The van der Waals surface area contributed by atoms with Gasteiger partial charge in [0.25, 0.3) is 0 Å². The van der Waals surface area contributed by atoms with Crippen LogP contribution >= 0.6 is 0 Å². The summed E-state index contributed by atoms with van der Waals surface area (Å²) >= 11 is 0. The zero-order valence-electron chi connectivity index (χ0n) is 17.4. The Labute approximate surface area is 180 Å². The van der Waals surface area contributed by atoms with Crippen molar-refractivity contribution >= 4 is 10.9 Å². The van der Waals surface area contributed by atoms with Crippen molar-refractivity contribution in [2.24, 2.45) is 0 Å². The van der Waals surface area contributed by atoms with E-state index in [4.69, 9.17) is 10.1 Å². The molecule has 0 saturated heterocycles. The number of hydrogen-bond donors (Lipinski definition) is 0. The number of para-hydroxylation sites is 1. The van der Waals surface area contributed by atoms with Gasteiger partial charge in [-0.25, -0.2) is 9.67 Å². The van der Waals surface area contributed by atoms with E-state index in [9.17, 15) is 0 Å². The molecule has 0 bridgehead atoms. The fourth-order valence-electron chi connectivity index (χ4n) is 4.52. The Balaban J connectivity index is 1.56. The summed E-state index contributed by atoms with van der Waals surface area (Å²) in [5.74, 6) is 1.63. The topological polar surface area (TPSA) is 66.3 Å². The highest BCUT2D eigenvalue weighted by atomic mass is 15.5. The normalized spacial score (nSPS) is 14.9. The zero-order chi connectivity index (χ0) is 20.8. The number of nitrogens with zero attached hydrogens (tertiary/aromatic N) is 7. The van der Waals surface area contributed by atoms with E-state index in [0.29, 0.717) is 6.54 Å². The van der Waals surface area contributed by atoms with Crippen LogP contribution in [0.5, 0.6) is 0 Å². The molecule has 2 aromatic carbocycles. The number of aryl methyl sites for hydroxylation is 1. The smallest absolute Gasteiger partial charge is 0.174 e. The molecule has 0 radical (unpaired) electrons. The molecule has 7 nitrogen and oxygen atoms in total. The fraction of sp³-hybridized carbons (Fsp3) is 0.250. The lowest BCUT2D eigenvalue weighted by atomic mass is 10.0. The molecule has 0 spiro atoms. The molecule has 1 saturated carbocycles. The predicted octanol–water partition coefficient (Wildman–Crippen LogP) is 4.10. The molecule has 0 N–H and O–H groups in total. The minimum Gasteiger partial charge on any atom is -0.347 e. The summed E-state index contributed by atoms with van der Waals surface area (Å²) in [4.78, 5) is 6.65. The Morgan fingerprint density at radius 3 is 2.42 bits per heavy atom. The van der Waals surface area contributed by atoms with Gasteiger partial charge in [-0.15, -0.1) is 0 Å². The standard InChI is InChI=1S/C24H23N7/c1-2-29-16-20(19-10-6-7-11-21(19)29)23-27-22(17-30-25-14-15-26-30)28-31(23)24(12-13-24)18-8-4-3-5-9-18/h3-11,14-16H,2,12-13,17H2,1H3. The van der Waals surface area contributed by atoms with Crippen LogP contribution in [0.2, 0.25) is 0 Å². The van der Waals surface area contributed by atoms with Gasteiger partial charge >= 0.3 is 0 Å². The molecule has 0 amide bonds. The van der Waals surface area contributed by atoms with Crippen molar-refractivity contribution < 1.29 is 0 Å². The zero-order valence-corrected chi connectivity index (χ0v) is 17.4. The second kappa shape index (κ2) is 6.91. The van der Waals surface area contributed by atoms with Gasteiger partial charge in [-0.2, -0.15) is 20.1 Å². The fourth-order valence-corrected chi connectivity index (χ4v) is 4.52. The molecular formula is C24H23N7. The molecule has 0 aliphatic heterocycles. The van der Waals surface area contributed by atoms with Crippen LogP contribution in [0.4, 0.5) is 0 Å². The van der Waals surface area contributed by atoms with E-state index < -0.39 is 0 Å². The van der Waals surface area contributed by atoms with E-state index in [-0.39, 0.29) is 5.54 Å². The van der Waals surface area contributed by atoms with Gasteiger partial charge in [0.2, 0.25) is 0 Å². The molecule has 154 valence electrons. The Morgan fingerprint density at radius 2 is 1.68 bits per heavy atom. The highest BCUT2D eigenvalue weighted by molar-refractivity contribution is 5.94. The second-order valence-electron chi connectivity index (χ2n) is 8.07. The maximum absolute atomic E-state index is 5.02. The number of hydrogen-bond acceptors (Lipinski definition) is 4. The van der Waals surface area contributed by atoms with Crippen LogP contribution in [0.25, 0.3) is 22.3 Å². The van der Waals surface area contributed by atoms with Crippen LogP contribution in [0, 0.1) is 0 Å². The summed E-state index contributed by atoms with van der Waals surface area (Å²) in [6.07, 6.45) is 7.68. The minimum absolute atomic E-state index is 0.144. The minimum atomic E-state index is -0.144. The third kappa shape index (κ3) is 2.88. The highest BCUT2D eigenvalue weighted by Gasteiger charge is 2.49. The van der Waals surface area contributed by atoms with Crippen molar-refractivity contribution in [1.82, 2.24) is 34.3 Å². The third-order valence-corrected chi connectivity index (χ3v) is 6.21. The lowest BCUT2D eigenvalue weighted by Gasteiger charge is -2.18. The summed E-state index contributed by atoms with van der Waals surface area (Å²) in [6, 6.07) is 19.2. The molecule has 3 aromatic heterocycles. The summed E-state index contributed by atoms with van der Waals surface area (Å²) in [7, 11) is 0. The lowest BCUT2D eigenvalue weighted by Crippen LogP contribution is -2.21. The van der Waals surface area contributed by atoms with E-state index in [1.807, 2.05) is 0 Å². The first-order valence-corrected chi connectivity index (χ1v) is 10.7. The number of benzene rings is 2. The van der Waals surface area contributed by atoms with Crippen molar-refractivity contribution in [2.75, 3.05) is 0 Å². The Morgan fingerprint density at radius 1 is 0.935 bits per heavy atom. The van der Waals surface area contributed by atoms with Crippen LogP contribution in [-0.2, 0) is 18.6 Å². The number of aromatic nitrogens is 7. The lowest BCUT2D eigenvalue weighted by molar-refractivity contribution is 0.497. The van der Waals surface area contributed by atoms with Crippen molar-refractivity contribution in [3.8, 4) is 11.4 Å². The van der Waals surface area contributed by atoms with Crippen molar-refractivity contribution in [3.63, 3.8) is 0 Å². The van der Waals surface area contributed by atoms with Gasteiger partial charge in [0.15, 0.2) is 11.6 Å². The van der Waals surface area contributed by atoms with Gasteiger partial charge in [-0.3, -0.25) is 0 Å². The molecule has 5 aromatic rings. The summed E-state index contributed by atoms with van der Waals surface area (Å²) in [6.45, 7) is 3.52. The second-order valence-corrected chi connectivity index (χ2v) is 8.07. The van der Waals surface area contributed by atoms with Gasteiger partial charge in [0, 0.05) is 29.2 Å². The predicted molar refractivity (Wildman–Crippen MR) is 119 cm³/mol. The summed E-state index contributed by atoms with van der Waals surface area (Å²) in [5, 5.41) is 14.7. The molecule has 31 heavy (non-hydrogen) atoms. The van der Waals surface area contributed by atoms with Crippen LogP contribution in [0.1, 0.15) is 31.2 Å². The van der Waals surface area contributed by atoms with Gasteiger partial charge < -0.3 is 4.57 Å². The molecule has 7 heteroatoms. The first-order chi connectivity index (χ1) is 15.3. The molecule has 3 heterocycles. The third-order valence-electron chi connectivity index (χ3n) is 6.21. The number of fused-ring (bicyclic) bond motifs is 1. The maximum atomic E-state index is 5.02. The first kappa shape index (κ1) is 18.1. The summed E-state index contributed by atoms with van der Waals surface area (Å²) < 4.78 is 4.43. The van der Waals surface area contributed by atoms with Crippen molar-refractivity contribution in [1.29, 1.82) is 0 Å². The van der Waals surface area contributed by atoms with Gasteiger partial charge in [-0.05, 0) is 31.4 Å². The van der Waals surface area contributed by atoms with E-state index >= 15 is 0 Å². The Kier molecular flexibility index (Phi) is 4.02. The van der Waals surface area contributed by atoms with Crippen LogP contribution in [0.3, 0.4) is 0 Å². The molecule has 1 fully saturated rings. The van der Waals surface area contributed by atoms with Crippen molar-refractivity contribution in [3.05, 3.63) is 84.6 Å².